The molecule has 2 heterocycles. The minimum atomic E-state index is -0.953. The monoisotopic (exact) mass is 426 g/mol. The Morgan fingerprint density at radius 1 is 1.34 bits per heavy atom. The van der Waals surface area contributed by atoms with Crippen LogP contribution >= 0.6 is 11.8 Å². The topological polar surface area (TPSA) is 99.4 Å². The van der Waals surface area contributed by atoms with Crippen molar-refractivity contribution < 1.29 is 23.4 Å². The van der Waals surface area contributed by atoms with E-state index in [4.69, 9.17) is 18.6 Å². The van der Waals surface area contributed by atoms with E-state index in [1.165, 1.54) is 24.9 Å². The molecule has 0 fully saturated rings. The van der Waals surface area contributed by atoms with E-state index in [1.807, 2.05) is 27.7 Å². The summed E-state index contributed by atoms with van der Waals surface area (Å²) in [4.78, 5) is 29.2. The lowest BCUT2D eigenvalue weighted by Gasteiger charge is -2.28. The van der Waals surface area contributed by atoms with Crippen molar-refractivity contribution in [2.24, 2.45) is 4.99 Å². The molecule has 0 aromatic carbocycles. The van der Waals surface area contributed by atoms with Gasteiger partial charge in [0.1, 0.15) is 22.6 Å². The molecule has 2 atom stereocenters. The number of amides is 1. The second kappa shape index (κ2) is 10.8. The van der Waals surface area contributed by atoms with Crippen LogP contribution in [-0.4, -0.2) is 48.9 Å². The Morgan fingerprint density at radius 2 is 2.03 bits per heavy atom. The molecule has 1 aliphatic heterocycles. The highest BCUT2D eigenvalue weighted by Crippen LogP contribution is 2.30. The molecule has 1 aliphatic rings. The largest absolute Gasteiger partial charge is 0.496 e. The van der Waals surface area contributed by atoms with Crippen LogP contribution < -0.4 is 15.7 Å². The molecule has 9 heteroatoms. The SMILES string of the molecule is CCC[C@@H](NC(=O)[C@@H]1CSC(C(C)(OCC)OCC)=N1)c1cc(OC)cc(=O)o1. The summed E-state index contributed by atoms with van der Waals surface area (Å²) in [6.07, 6.45) is 1.42. The zero-order valence-electron chi connectivity index (χ0n) is 17.6. The van der Waals surface area contributed by atoms with E-state index >= 15 is 0 Å². The van der Waals surface area contributed by atoms with Gasteiger partial charge in [-0.3, -0.25) is 9.79 Å². The number of nitrogens with zero attached hydrogens (tertiary/aromatic N) is 1. The fourth-order valence-electron chi connectivity index (χ4n) is 3.08. The Morgan fingerprint density at radius 3 is 2.62 bits per heavy atom. The summed E-state index contributed by atoms with van der Waals surface area (Å²) in [5.41, 5.74) is -0.518. The lowest BCUT2D eigenvalue weighted by Crippen LogP contribution is -2.40. The van der Waals surface area contributed by atoms with E-state index in [0.717, 1.165) is 6.42 Å². The van der Waals surface area contributed by atoms with Crippen LogP contribution in [0.15, 0.2) is 26.3 Å². The van der Waals surface area contributed by atoms with Crippen molar-refractivity contribution in [2.45, 2.75) is 58.4 Å². The quantitative estimate of drug-likeness (QED) is 0.543. The predicted octanol–water partition coefficient (Wildman–Crippen LogP) is 2.91. The van der Waals surface area contributed by atoms with Crippen LogP contribution in [0, 0.1) is 0 Å². The van der Waals surface area contributed by atoms with Gasteiger partial charge in [0.15, 0.2) is 0 Å². The summed E-state index contributed by atoms with van der Waals surface area (Å²) in [5, 5.41) is 3.62. The van der Waals surface area contributed by atoms with Crippen LogP contribution in [0.1, 0.15) is 52.3 Å². The number of rotatable bonds is 11. The number of carbonyl (C=O) groups excluding carboxylic acids is 1. The Hall–Kier alpha value is -1.84. The van der Waals surface area contributed by atoms with E-state index in [1.54, 1.807) is 6.07 Å². The first-order chi connectivity index (χ1) is 13.9. The van der Waals surface area contributed by atoms with Gasteiger partial charge in [-0.05, 0) is 27.2 Å². The molecule has 0 bridgehead atoms. The lowest BCUT2D eigenvalue weighted by molar-refractivity contribution is -0.168. The fraction of sp³-hybridized carbons (Fsp3) is 0.650. The lowest BCUT2D eigenvalue weighted by atomic mass is 10.1. The minimum Gasteiger partial charge on any atom is -0.496 e. The predicted molar refractivity (Wildman–Crippen MR) is 113 cm³/mol. The van der Waals surface area contributed by atoms with Gasteiger partial charge in [-0.15, -0.1) is 11.8 Å². The minimum absolute atomic E-state index is 0.230. The Kier molecular flexibility index (Phi) is 8.73. The van der Waals surface area contributed by atoms with Crippen molar-refractivity contribution in [1.82, 2.24) is 5.32 Å². The van der Waals surface area contributed by atoms with Crippen molar-refractivity contribution in [3.05, 3.63) is 28.3 Å². The first-order valence-electron chi connectivity index (χ1n) is 9.85. The fourth-order valence-corrected chi connectivity index (χ4v) is 4.20. The summed E-state index contributed by atoms with van der Waals surface area (Å²) < 4.78 is 21.9. The van der Waals surface area contributed by atoms with E-state index < -0.39 is 23.5 Å². The zero-order valence-corrected chi connectivity index (χ0v) is 18.5. The number of thioether (sulfide) groups is 1. The van der Waals surface area contributed by atoms with Crippen molar-refractivity contribution in [3.63, 3.8) is 0 Å². The van der Waals surface area contributed by atoms with Crippen LogP contribution in [0.5, 0.6) is 5.75 Å². The Bertz CT molecular complexity index is 772. The average Bonchev–Trinajstić information content (AvgIpc) is 3.18. The third-order valence-corrected chi connectivity index (χ3v) is 5.65. The molecule has 162 valence electrons. The number of hydrogen-bond acceptors (Lipinski definition) is 8. The Balaban J connectivity index is 2.17. The van der Waals surface area contributed by atoms with Gasteiger partial charge < -0.3 is 23.9 Å². The molecule has 1 aromatic heterocycles. The molecule has 8 nitrogen and oxygen atoms in total. The normalized spacial score (nSPS) is 17.7. The Labute approximate surface area is 175 Å². The molecule has 1 amide bonds. The number of ether oxygens (including phenoxy) is 3. The molecule has 2 rings (SSSR count). The summed E-state index contributed by atoms with van der Waals surface area (Å²) >= 11 is 1.46. The van der Waals surface area contributed by atoms with Gasteiger partial charge in [0.05, 0.1) is 19.2 Å². The van der Waals surface area contributed by atoms with Crippen LogP contribution in [0.3, 0.4) is 0 Å². The third kappa shape index (κ3) is 6.07. The maximum atomic E-state index is 12.9. The van der Waals surface area contributed by atoms with E-state index in [-0.39, 0.29) is 5.91 Å². The van der Waals surface area contributed by atoms with Gasteiger partial charge in [-0.25, -0.2) is 4.79 Å². The van der Waals surface area contributed by atoms with E-state index in [2.05, 4.69) is 10.3 Å². The standard InChI is InChI=1S/C20H30N2O6S/c1-6-9-14(16-10-13(25-5)11-17(23)28-16)21-18(24)15-12-29-19(22-15)20(4,26-7-2)27-8-3/h10-11,14-15H,6-9,12H2,1-5H3,(H,21,24)/t14-,15+/m1/s1. The maximum absolute atomic E-state index is 12.9. The first kappa shape index (κ1) is 23.4. The van der Waals surface area contributed by atoms with Gasteiger partial charge in [0.2, 0.25) is 11.7 Å². The highest BCUT2D eigenvalue weighted by Gasteiger charge is 2.39. The second-order valence-electron chi connectivity index (χ2n) is 6.64. The second-order valence-corrected chi connectivity index (χ2v) is 7.65. The highest BCUT2D eigenvalue weighted by molar-refractivity contribution is 8.14. The van der Waals surface area contributed by atoms with Crippen molar-refractivity contribution in [1.29, 1.82) is 0 Å². The zero-order chi connectivity index (χ0) is 21.4. The number of hydrogen-bond donors (Lipinski definition) is 1. The van der Waals surface area contributed by atoms with Crippen molar-refractivity contribution in [2.75, 3.05) is 26.1 Å². The molecule has 1 aromatic rings. The van der Waals surface area contributed by atoms with Gasteiger partial charge in [0.25, 0.3) is 0 Å². The first-order valence-corrected chi connectivity index (χ1v) is 10.8. The van der Waals surface area contributed by atoms with Gasteiger partial charge >= 0.3 is 5.63 Å². The highest BCUT2D eigenvalue weighted by atomic mass is 32.2. The van der Waals surface area contributed by atoms with Gasteiger partial charge in [-0.1, -0.05) is 13.3 Å². The van der Waals surface area contributed by atoms with Crippen LogP contribution in [0.4, 0.5) is 0 Å². The molecule has 0 radical (unpaired) electrons. The average molecular weight is 427 g/mol. The van der Waals surface area contributed by atoms with Crippen LogP contribution in [-0.2, 0) is 14.3 Å². The van der Waals surface area contributed by atoms with Gasteiger partial charge in [0, 0.05) is 25.0 Å². The molecular weight excluding hydrogens is 396 g/mol. The maximum Gasteiger partial charge on any atom is 0.339 e. The number of methoxy groups -OCH3 is 1. The van der Waals surface area contributed by atoms with Crippen molar-refractivity contribution >= 4 is 22.7 Å². The summed E-state index contributed by atoms with van der Waals surface area (Å²) in [7, 11) is 1.48. The molecule has 0 saturated heterocycles. The molecule has 0 unspecified atom stereocenters. The molecule has 0 saturated carbocycles. The summed E-state index contributed by atoms with van der Waals surface area (Å²) in [5.74, 6) is 0.0795. The molecule has 0 aliphatic carbocycles. The van der Waals surface area contributed by atoms with E-state index in [9.17, 15) is 9.59 Å². The van der Waals surface area contributed by atoms with Crippen molar-refractivity contribution in [3.8, 4) is 5.75 Å². The number of carbonyl (C=O) groups is 1. The molecule has 29 heavy (non-hydrogen) atoms. The van der Waals surface area contributed by atoms with Gasteiger partial charge in [-0.2, -0.15) is 0 Å². The molecule has 0 spiro atoms. The molecular formula is C20H30N2O6S. The number of aliphatic imine (C=N–C) groups is 1. The smallest absolute Gasteiger partial charge is 0.339 e. The third-order valence-electron chi connectivity index (χ3n) is 4.42. The number of nitrogens with one attached hydrogen (secondary N) is 1. The van der Waals surface area contributed by atoms with Crippen LogP contribution in [0.25, 0.3) is 0 Å². The molecule has 1 N–H and O–H groups in total. The van der Waals surface area contributed by atoms with E-state index in [0.29, 0.717) is 41.9 Å². The summed E-state index contributed by atoms with van der Waals surface area (Å²) in [6.45, 7) is 8.53. The van der Waals surface area contributed by atoms with Crippen LogP contribution in [0.2, 0.25) is 0 Å². The summed E-state index contributed by atoms with van der Waals surface area (Å²) in [6, 6.07) is 1.89.